The summed E-state index contributed by atoms with van der Waals surface area (Å²) in [5, 5.41) is 0. The minimum atomic E-state index is 0.801. The van der Waals surface area contributed by atoms with E-state index in [0.717, 1.165) is 32.0 Å². The Morgan fingerprint density at radius 2 is 1.95 bits per heavy atom. The summed E-state index contributed by atoms with van der Waals surface area (Å²) in [6, 6.07) is 12.6. The molecule has 1 aliphatic heterocycles. The first-order valence-electron chi connectivity index (χ1n) is 6.69. The van der Waals surface area contributed by atoms with Crippen LogP contribution in [0.1, 0.15) is 5.56 Å². The molecule has 0 radical (unpaired) electrons. The van der Waals surface area contributed by atoms with Crippen LogP contribution in [0.25, 0.3) is 11.3 Å². The number of pyridine rings is 1. The van der Waals surface area contributed by atoms with Crippen molar-refractivity contribution in [2.75, 3.05) is 31.2 Å². The lowest BCUT2D eigenvalue weighted by Crippen LogP contribution is -2.36. The summed E-state index contributed by atoms with van der Waals surface area (Å²) in [5.41, 5.74) is 4.78. The summed E-state index contributed by atoms with van der Waals surface area (Å²) in [7, 11) is 0. The summed E-state index contributed by atoms with van der Waals surface area (Å²) < 4.78 is 5.44. The second kappa shape index (κ2) is 5.41. The second-order valence-corrected chi connectivity index (χ2v) is 4.84. The SMILES string of the molecule is Cc1ccc(-c2ccccn2)c(N2CCOCC2)c1. The molecular weight excluding hydrogens is 236 g/mol. The Morgan fingerprint density at radius 1 is 1.11 bits per heavy atom. The van der Waals surface area contributed by atoms with Crippen molar-refractivity contribution in [1.29, 1.82) is 0 Å². The molecule has 0 saturated carbocycles. The number of benzene rings is 1. The number of aromatic nitrogens is 1. The van der Waals surface area contributed by atoms with Crippen LogP contribution >= 0.6 is 0 Å². The van der Waals surface area contributed by atoms with Crippen LogP contribution in [0.3, 0.4) is 0 Å². The van der Waals surface area contributed by atoms with Gasteiger partial charge in [-0.25, -0.2) is 0 Å². The minimum Gasteiger partial charge on any atom is -0.378 e. The number of rotatable bonds is 2. The molecule has 0 aliphatic carbocycles. The Morgan fingerprint density at radius 3 is 2.68 bits per heavy atom. The highest BCUT2D eigenvalue weighted by Crippen LogP contribution is 2.31. The smallest absolute Gasteiger partial charge is 0.0722 e. The van der Waals surface area contributed by atoms with E-state index in [4.69, 9.17) is 4.74 Å². The van der Waals surface area contributed by atoms with Gasteiger partial charge in [-0.05, 0) is 30.7 Å². The van der Waals surface area contributed by atoms with Gasteiger partial charge < -0.3 is 9.64 Å². The molecule has 0 unspecified atom stereocenters. The second-order valence-electron chi connectivity index (χ2n) is 4.84. The van der Waals surface area contributed by atoms with Crippen molar-refractivity contribution < 1.29 is 4.74 Å². The molecule has 1 aromatic carbocycles. The van der Waals surface area contributed by atoms with Crippen LogP contribution in [0.15, 0.2) is 42.6 Å². The maximum Gasteiger partial charge on any atom is 0.0722 e. The number of nitrogens with zero attached hydrogens (tertiary/aromatic N) is 2. The molecule has 1 saturated heterocycles. The lowest BCUT2D eigenvalue weighted by atomic mass is 10.0. The molecule has 3 heteroatoms. The highest BCUT2D eigenvalue weighted by atomic mass is 16.5. The molecule has 0 spiro atoms. The summed E-state index contributed by atoms with van der Waals surface area (Å²) in [5.74, 6) is 0. The van der Waals surface area contributed by atoms with Crippen LogP contribution in [0.5, 0.6) is 0 Å². The fraction of sp³-hybridized carbons (Fsp3) is 0.312. The van der Waals surface area contributed by atoms with Gasteiger partial charge in [0.1, 0.15) is 0 Å². The van der Waals surface area contributed by atoms with Crippen LogP contribution in [0.4, 0.5) is 5.69 Å². The van der Waals surface area contributed by atoms with E-state index in [-0.39, 0.29) is 0 Å². The molecule has 1 aromatic heterocycles. The van der Waals surface area contributed by atoms with Gasteiger partial charge in [0.05, 0.1) is 18.9 Å². The fourth-order valence-corrected chi connectivity index (χ4v) is 2.45. The molecule has 1 aliphatic rings. The molecule has 0 N–H and O–H groups in total. The summed E-state index contributed by atoms with van der Waals surface area (Å²) in [4.78, 5) is 6.87. The van der Waals surface area contributed by atoms with Crippen molar-refractivity contribution in [1.82, 2.24) is 4.98 Å². The van der Waals surface area contributed by atoms with Gasteiger partial charge in [-0.3, -0.25) is 4.98 Å². The minimum absolute atomic E-state index is 0.801. The van der Waals surface area contributed by atoms with Crippen molar-refractivity contribution in [2.24, 2.45) is 0 Å². The fourth-order valence-electron chi connectivity index (χ4n) is 2.45. The largest absolute Gasteiger partial charge is 0.378 e. The van der Waals surface area contributed by atoms with E-state index < -0.39 is 0 Å². The zero-order valence-corrected chi connectivity index (χ0v) is 11.2. The Bertz CT molecular complexity index is 548. The van der Waals surface area contributed by atoms with E-state index in [1.54, 1.807) is 0 Å². The van der Waals surface area contributed by atoms with E-state index >= 15 is 0 Å². The predicted octanol–water partition coefficient (Wildman–Crippen LogP) is 2.89. The molecular formula is C16H18N2O. The Balaban J connectivity index is 2.04. The van der Waals surface area contributed by atoms with Gasteiger partial charge in [0.25, 0.3) is 0 Å². The van der Waals surface area contributed by atoms with Crippen LogP contribution in [-0.2, 0) is 4.74 Å². The predicted molar refractivity (Wildman–Crippen MR) is 77.4 cm³/mol. The number of anilines is 1. The van der Waals surface area contributed by atoms with Gasteiger partial charge >= 0.3 is 0 Å². The van der Waals surface area contributed by atoms with Crippen LogP contribution < -0.4 is 4.90 Å². The number of hydrogen-bond donors (Lipinski definition) is 0. The molecule has 2 heterocycles. The third-order valence-corrected chi connectivity index (χ3v) is 3.45. The first-order chi connectivity index (χ1) is 9.34. The van der Waals surface area contributed by atoms with Crippen molar-refractivity contribution in [3.05, 3.63) is 48.2 Å². The maximum atomic E-state index is 5.44. The third-order valence-electron chi connectivity index (χ3n) is 3.45. The number of morpholine rings is 1. The van der Waals surface area contributed by atoms with Crippen molar-refractivity contribution in [3.63, 3.8) is 0 Å². The average Bonchev–Trinajstić information content (AvgIpc) is 2.49. The third kappa shape index (κ3) is 2.61. The van der Waals surface area contributed by atoms with E-state index in [1.807, 2.05) is 18.3 Å². The van der Waals surface area contributed by atoms with E-state index in [2.05, 4.69) is 41.1 Å². The van der Waals surface area contributed by atoms with Crippen molar-refractivity contribution in [2.45, 2.75) is 6.92 Å². The van der Waals surface area contributed by atoms with E-state index in [1.165, 1.54) is 16.8 Å². The van der Waals surface area contributed by atoms with Gasteiger partial charge in [0.2, 0.25) is 0 Å². The summed E-state index contributed by atoms with van der Waals surface area (Å²) in [6.45, 7) is 5.63. The van der Waals surface area contributed by atoms with E-state index in [0.29, 0.717) is 0 Å². The monoisotopic (exact) mass is 254 g/mol. The Hall–Kier alpha value is -1.87. The number of hydrogen-bond acceptors (Lipinski definition) is 3. The van der Waals surface area contributed by atoms with Crippen molar-refractivity contribution in [3.8, 4) is 11.3 Å². The van der Waals surface area contributed by atoms with Crippen LogP contribution in [0.2, 0.25) is 0 Å². The van der Waals surface area contributed by atoms with Gasteiger partial charge in [-0.2, -0.15) is 0 Å². The average molecular weight is 254 g/mol. The topological polar surface area (TPSA) is 25.4 Å². The molecule has 0 bridgehead atoms. The van der Waals surface area contributed by atoms with Crippen LogP contribution in [0, 0.1) is 6.92 Å². The highest BCUT2D eigenvalue weighted by Gasteiger charge is 2.16. The summed E-state index contributed by atoms with van der Waals surface area (Å²) >= 11 is 0. The number of ether oxygens (including phenoxy) is 1. The van der Waals surface area contributed by atoms with Gasteiger partial charge in [0.15, 0.2) is 0 Å². The van der Waals surface area contributed by atoms with Gasteiger partial charge in [-0.1, -0.05) is 18.2 Å². The first kappa shape index (κ1) is 12.2. The highest BCUT2D eigenvalue weighted by molar-refractivity contribution is 5.77. The zero-order valence-electron chi connectivity index (χ0n) is 11.2. The number of aryl methyl sites for hydroxylation is 1. The first-order valence-corrected chi connectivity index (χ1v) is 6.69. The molecule has 1 fully saturated rings. The standard InChI is InChI=1S/C16H18N2O/c1-13-5-6-14(15-4-2-3-7-17-15)16(12-13)18-8-10-19-11-9-18/h2-7,12H,8-11H2,1H3. The quantitative estimate of drug-likeness (QED) is 0.824. The molecule has 2 aromatic rings. The lowest BCUT2D eigenvalue weighted by Gasteiger charge is -2.30. The maximum absolute atomic E-state index is 5.44. The van der Waals surface area contributed by atoms with Gasteiger partial charge in [-0.15, -0.1) is 0 Å². The molecule has 0 amide bonds. The molecule has 3 rings (SSSR count). The zero-order chi connectivity index (χ0) is 13.1. The molecule has 98 valence electrons. The van der Waals surface area contributed by atoms with Crippen LogP contribution in [-0.4, -0.2) is 31.3 Å². The normalized spacial score (nSPS) is 15.5. The Labute approximate surface area is 113 Å². The van der Waals surface area contributed by atoms with Crippen molar-refractivity contribution >= 4 is 5.69 Å². The lowest BCUT2D eigenvalue weighted by molar-refractivity contribution is 0.123. The molecule has 3 nitrogen and oxygen atoms in total. The van der Waals surface area contributed by atoms with Gasteiger partial charge in [0, 0.05) is 30.5 Å². The Kier molecular flexibility index (Phi) is 3.47. The molecule has 19 heavy (non-hydrogen) atoms. The molecule has 0 atom stereocenters. The van der Waals surface area contributed by atoms with E-state index in [9.17, 15) is 0 Å². The summed E-state index contributed by atoms with van der Waals surface area (Å²) in [6.07, 6.45) is 1.85.